The summed E-state index contributed by atoms with van der Waals surface area (Å²) in [5.74, 6) is 0.870. The molecule has 0 bridgehead atoms. The summed E-state index contributed by atoms with van der Waals surface area (Å²) in [6.45, 7) is 0. The molecule has 0 atom stereocenters. The standard InChI is InChI=1S/C16H11BrO3S/c17-11-4-5-14-10(6-16(19)20-15(14)7-11)9-21-13-3-1-2-12(18)8-13/h1-8,18H,9H2. The van der Waals surface area contributed by atoms with Crippen LogP contribution < -0.4 is 5.63 Å². The smallest absolute Gasteiger partial charge is 0.336 e. The molecular formula is C16H11BrO3S. The number of phenols is 1. The monoisotopic (exact) mass is 362 g/mol. The predicted molar refractivity (Wildman–Crippen MR) is 87.9 cm³/mol. The highest BCUT2D eigenvalue weighted by Crippen LogP contribution is 2.29. The fourth-order valence-corrected chi connectivity index (χ4v) is 3.34. The van der Waals surface area contributed by atoms with Gasteiger partial charge in [0.15, 0.2) is 0 Å². The number of hydrogen-bond acceptors (Lipinski definition) is 4. The lowest BCUT2D eigenvalue weighted by molar-refractivity contribution is 0.474. The van der Waals surface area contributed by atoms with Crippen LogP contribution in [0, 0.1) is 0 Å². The molecule has 0 aliphatic rings. The van der Waals surface area contributed by atoms with Crippen molar-refractivity contribution < 1.29 is 9.52 Å². The number of rotatable bonds is 3. The highest BCUT2D eigenvalue weighted by Gasteiger charge is 2.07. The van der Waals surface area contributed by atoms with E-state index in [9.17, 15) is 9.90 Å². The molecular weight excluding hydrogens is 352 g/mol. The fraction of sp³-hybridized carbons (Fsp3) is 0.0625. The highest BCUT2D eigenvalue weighted by atomic mass is 79.9. The van der Waals surface area contributed by atoms with Crippen molar-refractivity contribution >= 4 is 38.7 Å². The Balaban J connectivity index is 1.95. The zero-order chi connectivity index (χ0) is 14.8. The first-order valence-corrected chi connectivity index (χ1v) is 8.04. The normalized spacial score (nSPS) is 10.9. The van der Waals surface area contributed by atoms with Gasteiger partial charge in [-0.3, -0.25) is 0 Å². The average molecular weight is 363 g/mol. The third kappa shape index (κ3) is 3.31. The first-order valence-electron chi connectivity index (χ1n) is 6.26. The van der Waals surface area contributed by atoms with Crippen molar-refractivity contribution in [2.24, 2.45) is 0 Å². The van der Waals surface area contributed by atoms with Crippen LogP contribution in [0.4, 0.5) is 0 Å². The molecule has 1 heterocycles. The van der Waals surface area contributed by atoms with Crippen LogP contribution in [0.3, 0.4) is 0 Å². The summed E-state index contributed by atoms with van der Waals surface area (Å²) in [7, 11) is 0. The summed E-state index contributed by atoms with van der Waals surface area (Å²) >= 11 is 4.93. The molecule has 2 aromatic carbocycles. The second-order valence-electron chi connectivity index (χ2n) is 4.52. The number of phenolic OH excluding ortho intramolecular Hbond substituents is 1. The summed E-state index contributed by atoms with van der Waals surface area (Å²) in [4.78, 5) is 12.6. The largest absolute Gasteiger partial charge is 0.508 e. The Kier molecular flexibility index (Phi) is 4.03. The van der Waals surface area contributed by atoms with E-state index in [-0.39, 0.29) is 11.4 Å². The maximum Gasteiger partial charge on any atom is 0.336 e. The van der Waals surface area contributed by atoms with Crippen LogP contribution in [-0.4, -0.2) is 5.11 Å². The van der Waals surface area contributed by atoms with Crippen molar-refractivity contribution in [2.45, 2.75) is 10.6 Å². The van der Waals surface area contributed by atoms with Gasteiger partial charge in [-0.25, -0.2) is 4.79 Å². The lowest BCUT2D eigenvalue weighted by Crippen LogP contribution is -1.99. The third-order valence-corrected chi connectivity index (χ3v) is 4.54. The number of aromatic hydroxyl groups is 1. The fourth-order valence-electron chi connectivity index (χ4n) is 2.06. The van der Waals surface area contributed by atoms with Gasteiger partial charge in [-0.2, -0.15) is 0 Å². The zero-order valence-electron chi connectivity index (χ0n) is 10.9. The minimum atomic E-state index is -0.355. The predicted octanol–water partition coefficient (Wildman–Crippen LogP) is 4.55. The number of thioether (sulfide) groups is 1. The van der Waals surface area contributed by atoms with Crippen LogP contribution in [0.15, 0.2) is 67.1 Å². The van der Waals surface area contributed by atoms with E-state index in [2.05, 4.69) is 15.9 Å². The van der Waals surface area contributed by atoms with Gasteiger partial charge in [0.2, 0.25) is 0 Å². The zero-order valence-corrected chi connectivity index (χ0v) is 13.3. The van der Waals surface area contributed by atoms with E-state index in [4.69, 9.17) is 4.42 Å². The minimum Gasteiger partial charge on any atom is -0.508 e. The van der Waals surface area contributed by atoms with E-state index in [1.165, 1.54) is 6.07 Å². The van der Waals surface area contributed by atoms with Crippen molar-refractivity contribution in [3.8, 4) is 5.75 Å². The number of halogens is 1. The number of hydrogen-bond donors (Lipinski definition) is 1. The topological polar surface area (TPSA) is 50.4 Å². The first-order chi connectivity index (χ1) is 10.1. The molecule has 5 heteroatoms. The van der Waals surface area contributed by atoms with Crippen molar-refractivity contribution in [3.05, 3.63) is 69.0 Å². The molecule has 0 amide bonds. The molecule has 0 radical (unpaired) electrons. The Hall–Kier alpha value is -1.72. The van der Waals surface area contributed by atoms with Crippen LogP contribution in [0.5, 0.6) is 5.75 Å². The number of fused-ring (bicyclic) bond motifs is 1. The molecule has 21 heavy (non-hydrogen) atoms. The van der Waals surface area contributed by atoms with Crippen molar-refractivity contribution in [3.63, 3.8) is 0 Å². The van der Waals surface area contributed by atoms with Crippen molar-refractivity contribution in [1.82, 2.24) is 0 Å². The third-order valence-electron chi connectivity index (χ3n) is 3.00. The average Bonchev–Trinajstić information content (AvgIpc) is 2.44. The summed E-state index contributed by atoms with van der Waals surface area (Å²) < 4.78 is 6.09. The molecule has 0 saturated heterocycles. The van der Waals surface area contributed by atoms with Gasteiger partial charge in [-0.05, 0) is 42.0 Å². The maximum absolute atomic E-state index is 11.6. The van der Waals surface area contributed by atoms with E-state index in [0.717, 1.165) is 20.3 Å². The van der Waals surface area contributed by atoms with Gasteiger partial charge in [0, 0.05) is 26.6 Å². The molecule has 1 aromatic heterocycles. The van der Waals surface area contributed by atoms with Gasteiger partial charge >= 0.3 is 5.63 Å². The summed E-state index contributed by atoms with van der Waals surface area (Å²) in [5.41, 5.74) is 1.14. The highest BCUT2D eigenvalue weighted by molar-refractivity contribution is 9.10. The second-order valence-corrected chi connectivity index (χ2v) is 6.48. The van der Waals surface area contributed by atoms with Crippen LogP contribution in [0.25, 0.3) is 11.0 Å². The molecule has 0 saturated carbocycles. The van der Waals surface area contributed by atoms with E-state index in [1.807, 2.05) is 18.2 Å². The van der Waals surface area contributed by atoms with Crippen LogP contribution >= 0.6 is 27.7 Å². The summed E-state index contributed by atoms with van der Waals surface area (Å²) in [5, 5.41) is 10.4. The Bertz CT molecular complexity index is 858. The molecule has 106 valence electrons. The van der Waals surface area contributed by atoms with Gasteiger partial charge in [0.25, 0.3) is 0 Å². The first kappa shape index (κ1) is 14.2. The van der Waals surface area contributed by atoms with Crippen LogP contribution in [0.2, 0.25) is 0 Å². The Morgan fingerprint density at radius 2 is 2.00 bits per heavy atom. The Morgan fingerprint density at radius 1 is 1.14 bits per heavy atom. The van der Waals surface area contributed by atoms with Crippen molar-refractivity contribution in [1.29, 1.82) is 0 Å². The molecule has 0 aliphatic carbocycles. The molecule has 0 fully saturated rings. The summed E-state index contributed by atoms with van der Waals surface area (Å²) in [6.07, 6.45) is 0. The molecule has 0 unspecified atom stereocenters. The SMILES string of the molecule is O=c1cc(CSc2cccc(O)c2)c2ccc(Br)cc2o1. The summed E-state index contributed by atoms with van der Waals surface area (Å²) in [6, 6.07) is 14.2. The Morgan fingerprint density at radius 3 is 2.81 bits per heavy atom. The van der Waals surface area contributed by atoms with E-state index in [1.54, 1.807) is 36.0 Å². The second kappa shape index (κ2) is 5.95. The lowest BCUT2D eigenvalue weighted by Gasteiger charge is -2.06. The molecule has 1 N–H and O–H groups in total. The van der Waals surface area contributed by atoms with Gasteiger partial charge in [-0.1, -0.05) is 22.0 Å². The minimum absolute atomic E-state index is 0.237. The van der Waals surface area contributed by atoms with Gasteiger partial charge < -0.3 is 9.52 Å². The quantitative estimate of drug-likeness (QED) is 0.548. The van der Waals surface area contributed by atoms with E-state index < -0.39 is 0 Å². The molecule has 0 spiro atoms. The molecule has 3 nitrogen and oxygen atoms in total. The van der Waals surface area contributed by atoms with E-state index in [0.29, 0.717) is 11.3 Å². The van der Waals surface area contributed by atoms with Gasteiger partial charge in [0.1, 0.15) is 11.3 Å². The van der Waals surface area contributed by atoms with Gasteiger partial charge in [-0.15, -0.1) is 11.8 Å². The van der Waals surface area contributed by atoms with Crippen LogP contribution in [-0.2, 0) is 5.75 Å². The van der Waals surface area contributed by atoms with Crippen LogP contribution in [0.1, 0.15) is 5.56 Å². The van der Waals surface area contributed by atoms with Gasteiger partial charge in [0.05, 0.1) is 0 Å². The molecule has 3 rings (SSSR count). The van der Waals surface area contributed by atoms with E-state index >= 15 is 0 Å². The molecule has 3 aromatic rings. The Labute approximate surface area is 133 Å². The number of benzene rings is 2. The lowest BCUT2D eigenvalue weighted by atomic mass is 10.1. The van der Waals surface area contributed by atoms with Crippen molar-refractivity contribution in [2.75, 3.05) is 0 Å². The maximum atomic E-state index is 11.6. The molecule has 0 aliphatic heterocycles.